The maximum absolute atomic E-state index is 10.7. The molecule has 721 valence electrons. The molecule has 0 fully saturated rings. The summed E-state index contributed by atoms with van der Waals surface area (Å²) in [7, 11) is 4.58. The van der Waals surface area contributed by atoms with Crippen LogP contribution in [0.25, 0.3) is 72.9 Å². The number of carbonyl (C=O) groups excluding carboxylic acids is 2. The Labute approximate surface area is 842 Å². The average Bonchev–Trinajstić information content (AvgIpc) is 0.859. The van der Waals surface area contributed by atoms with Crippen LogP contribution in [0.4, 0.5) is 34.1 Å². The number of carbonyl (C=O) groups is 2. The smallest absolute Gasteiger partial charge is 0.205 e. The van der Waals surface area contributed by atoms with Crippen molar-refractivity contribution in [3.05, 3.63) is 374 Å². The first-order valence-electron chi connectivity index (χ1n) is 43.5. The number of anilines is 6. The van der Waals surface area contributed by atoms with Gasteiger partial charge in [-0.2, -0.15) is 9.13 Å². The minimum atomic E-state index is -4.19. The molecule has 0 aliphatic rings. The minimum absolute atomic E-state index is 0. The third kappa shape index (κ3) is 46.5. The molecule has 5 N–H and O–H groups in total. The van der Waals surface area contributed by atoms with Crippen LogP contribution in [0.1, 0.15) is 81.0 Å². The topological polar surface area (TPSA) is 329 Å². The van der Waals surface area contributed by atoms with Gasteiger partial charge in [-0.25, -0.2) is 35.5 Å². The standard InChI is InChI=1S/2C18H22N2O3S.C18H23N2O2.2C17H18N2O2.C17H20N2O2.2CH3.ClH.Y/c2*1-3-20-13-5-4-6-18(20)12-9-16-7-10-17(11-8-16)19(2)14-15-24(21,22)23;1-19-10-8-17(9-11-19)3-2-16-4-6-18(7-5-16)20(12-14-21)13-15-22;2*1-18-11-9-15(10-12-18)4-3-14-5-7-16(8-6-14)19(2)13-17(20)21;20-13-11-19(12-14-21)17-8-5-15(6-9-17)4-7-16-3-1-2-10-18-16;;;;/h2*4-13H,3,14-15H2,1-2H3;2-11,21-22H,12-15H2,1H3;2*3-12H,13H2,1-2H3;1-10,20-21H,11-14H2;2*1H3;1H;/q;;+1;;;;2*+1;;/b;;;;;7-4+;;;;. The van der Waals surface area contributed by atoms with Crippen LogP contribution in [-0.2, 0) is 96.8 Å². The quantitative estimate of drug-likeness (QED) is 0.0174. The van der Waals surface area contributed by atoms with Crippen molar-refractivity contribution in [2.24, 2.45) is 21.1 Å². The fourth-order valence-corrected chi connectivity index (χ4v) is 13.9. The summed E-state index contributed by atoms with van der Waals surface area (Å²) in [6, 6.07) is 77.5. The van der Waals surface area contributed by atoms with E-state index >= 15 is 0 Å². The van der Waals surface area contributed by atoms with Crippen LogP contribution in [0.5, 0.6) is 0 Å². The Morgan fingerprint density at radius 3 is 0.810 bits per heavy atom. The molecule has 0 saturated heterocycles. The predicted octanol–water partition coefficient (Wildman–Crippen LogP) is 6.86. The number of nitrogens with zero attached hydrogens (tertiary/aromatic N) is 11. The van der Waals surface area contributed by atoms with E-state index in [0.717, 1.165) is 114 Å². The van der Waals surface area contributed by atoms with Crippen molar-refractivity contribution in [3.8, 4) is 0 Å². The molecule has 0 aliphatic carbocycles. The van der Waals surface area contributed by atoms with Crippen LogP contribution < -0.4 is 79.8 Å². The van der Waals surface area contributed by atoms with Crippen LogP contribution >= 0.6 is 0 Å². The Hall–Kier alpha value is -12.8. The molecule has 0 unspecified atom stereocenters. The van der Waals surface area contributed by atoms with Gasteiger partial charge in [0.1, 0.15) is 34.2 Å². The fourth-order valence-electron chi connectivity index (χ4n) is 12.9. The van der Waals surface area contributed by atoms with Gasteiger partial charge in [-0.1, -0.05) is 109 Å². The van der Waals surface area contributed by atoms with Crippen molar-refractivity contribution in [1.29, 1.82) is 0 Å². The first-order valence-corrected chi connectivity index (χ1v) is 46.6. The van der Waals surface area contributed by atoms with Crippen LogP contribution in [0.3, 0.4) is 0 Å². The molecule has 137 heavy (non-hydrogen) atoms. The van der Waals surface area contributed by atoms with Gasteiger partial charge in [-0.15, -0.1) is 0 Å². The summed E-state index contributed by atoms with van der Waals surface area (Å²) in [4.78, 5) is 35.0. The molecule has 0 spiro atoms. The van der Waals surface area contributed by atoms with E-state index < -0.39 is 43.7 Å². The third-order valence-corrected chi connectivity index (χ3v) is 21.9. The molecule has 0 amide bonds. The van der Waals surface area contributed by atoms with Crippen molar-refractivity contribution >= 4 is 139 Å². The molecule has 0 aliphatic heterocycles. The average molecular weight is 2000 g/mol. The number of aryl methyl sites for hydroxylation is 5. The van der Waals surface area contributed by atoms with Gasteiger partial charge in [0.25, 0.3) is 0 Å². The molecular weight excluding hydrogens is 1870 g/mol. The number of carboxylic acid groups (broad SMARTS) is 2. The summed E-state index contributed by atoms with van der Waals surface area (Å²) >= 11 is 0. The number of likely N-dealkylation sites (N-methyl/N-ethyl adjacent to an activating group) is 2. The van der Waals surface area contributed by atoms with Crippen molar-refractivity contribution in [2.45, 2.75) is 26.9 Å². The number of H-pyrrole nitrogens is 1. The predicted molar refractivity (Wildman–Crippen MR) is 541 cm³/mol. The second kappa shape index (κ2) is 64.3. The molecular formula is C107H130ClN12O14S2Y+3. The van der Waals surface area contributed by atoms with Gasteiger partial charge < -0.3 is 91.1 Å². The van der Waals surface area contributed by atoms with Crippen molar-refractivity contribution in [1.82, 2.24) is 0 Å². The largest absolute Gasteiger partial charge is 1.00 e. The van der Waals surface area contributed by atoms with E-state index in [9.17, 15) is 45.7 Å². The van der Waals surface area contributed by atoms with Gasteiger partial charge in [-0.05, 0) is 173 Å². The Morgan fingerprint density at radius 1 is 0.328 bits per heavy atom. The van der Waals surface area contributed by atoms with Gasteiger partial charge >= 0.3 is 0 Å². The Bertz CT molecular complexity index is 5630. The molecule has 12 rings (SSSR count). The van der Waals surface area contributed by atoms with E-state index in [1.54, 1.807) is 47.8 Å². The summed E-state index contributed by atoms with van der Waals surface area (Å²) < 4.78 is 74.5. The molecule has 26 nitrogen and oxygen atoms in total. The maximum atomic E-state index is 10.7. The summed E-state index contributed by atoms with van der Waals surface area (Å²) in [5.74, 6) is -2.95. The number of nitrogens with one attached hydrogen (secondary N) is 1. The number of hydrogen-bond donors (Lipinski definition) is 4. The number of carboxylic acids is 2. The van der Waals surface area contributed by atoms with Gasteiger partial charge in [0, 0.05) is 240 Å². The van der Waals surface area contributed by atoms with Gasteiger partial charge in [0.05, 0.1) is 83.2 Å². The monoisotopic (exact) mass is 1990 g/mol. The van der Waals surface area contributed by atoms with E-state index in [2.05, 4.69) is 76.5 Å². The summed E-state index contributed by atoms with van der Waals surface area (Å²) in [6.07, 6.45) is 42.5. The summed E-state index contributed by atoms with van der Waals surface area (Å²) in [5, 5.41) is 57.4. The Balaban J connectivity index is 0.000000421. The molecule has 0 bridgehead atoms. The van der Waals surface area contributed by atoms with Crippen molar-refractivity contribution < 1.29 is 139 Å². The molecule has 0 saturated carbocycles. The van der Waals surface area contributed by atoms with Gasteiger partial charge in [0.15, 0.2) is 55.8 Å². The molecule has 1 radical (unpaired) electrons. The fraction of sp³-hybridized carbons (Fsp3) is 0.234. The zero-order chi connectivity index (χ0) is 96.3. The van der Waals surface area contributed by atoms with Crippen molar-refractivity contribution in [2.75, 3.05) is 148 Å². The van der Waals surface area contributed by atoms with Crippen LogP contribution in [-0.4, -0.2) is 177 Å². The van der Waals surface area contributed by atoms with Crippen LogP contribution in [0, 0.1) is 14.9 Å². The molecule has 6 aromatic carbocycles. The third-order valence-electron chi connectivity index (χ3n) is 20.5. The summed E-state index contributed by atoms with van der Waals surface area (Å²) in [5.41, 5.74) is 18.6. The number of aliphatic hydroxyl groups excluding tert-OH is 4. The second-order valence-corrected chi connectivity index (χ2v) is 33.8. The zero-order valence-electron chi connectivity index (χ0n) is 80.0. The molecule has 30 heteroatoms. The van der Waals surface area contributed by atoms with Crippen molar-refractivity contribution in [3.63, 3.8) is 0 Å². The van der Waals surface area contributed by atoms with Crippen LogP contribution in [0.2, 0.25) is 0 Å². The number of aliphatic carboxylic acids is 2. The number of halogens is 1. The van der Waals surface area contributed by atoms with E-state index in [1.165, 1.54) is 0 Å². The molecule has 12 aromatic rings. The van der Waals surface area contributed by atoms with Gasteiger partial charge in [-0.3, -0.25) is 0 Å². The summed E-state index contributed by atoms with van der Waals surface area (Å²) in [6.45, 7) is 8.55. The number of aliphatic hydroxyl groups is 4. The van der Waals surface area contributed by atoms with E-state index in [-0.39, 0.29) is 113 Å². The Kier molecular flexibility index (Phi) is 55.5. The molecule has 6 aromatic heterocycles. The van der Waals surface area contributed by atoms with E-state index in [0.29, 0.717) is 26.2 Å². The molecule has 6 heterocycles. The number of benzene rings is 6. The maximum Gasteiger partial charge on any atom is 0.205 e. The number of rotatable bonds is 38. The molecule has 0 atom stereocenters. The normalized spacial score (nSPS) is 10.9. The van der Waals surface area contributed by atoms with E-state index in [1.807, 2.05) is 361 Å². The first kappa shape index (κ1) is 118. The number of pyridine rings is 6. The van der Waals surface area contributed by atoms with E-state index in [4.69, 9.17) is 20.4 Å². The van der Waals surface area contributed by atoms with Gasteiger partial charge in [0.2, 0.25) is 17.1 Å². The first-order chi connectivity index (χ1) is 63.9. The number of aromatic nitrogens is 6. The Morgan fingerprint density at radius 2 is 0.569 bits per heavy atom. The van der Waals surface area contributed by atoms with Crippen LogP contribution in [0.15, 0.2) is 292 Å². The second-order valence-electron chi connectivity index (χ2n) is 30.8. The number of hydrogen-bond acceptors (Lipinski definition) is 20. The SMILES string of the molecule is CC[n+]1ccccc1/C=C/c1ccc(N(C)CCS(=O)(=O)[O-])cc1.CC[n+]1ccccc1/C=C/c1ccc(N(C)CCS(=O)(=O)[O-])cc1.CN(CC(=O)[O-])c1ccc(/C=C/c2cc[n+](C)cc2)cc1.CN(CC(=O)[O-])c1ccc(/C=C/c2cc[n+](C)cc2)cc1.C[n+]1ccc(/C=C/c2ccc(N(CCO)CCO)cc2)cc1.OCCN(CCO)c1ccc(/C=C/c2cccc[nH+]2)cc1.[CH3+].[CH3+].[Cl-].[Y]. The minimum Gasteiger partial charge on any atom is -1.00 e. The zero-order valence-corrected chi connectivity index (χ0v) is 85.2. The number of aromatic amines is 1.